The van der Waals surface area contributed by atoms with Gasteiger partial charge in [0, 0.05) is 18.0 Å². The number of allylic oxidation sites excluding steroid dienone is 2. The number of aryl methyl sites for hydroxylation is 1. The summed E-state index contributed by atoms with van der Waals surface area (Å²) in [7, 11) is 0. The van der Waals surface area contributed by atoms with Gasteiger partial charge in [0.2, 0.25) is 0 Å². The SMILES string of the molecule is Cc1cc2c(cc1F)c(C#N)c(C1=CC=CCN1C(C)(C)C(F)(F)F)n2C1CCCCC1. The monoisotopic (exact) mass is 445 g/mol. The highest BCUT2D eigenvalue weighted by atomic mass is 19.4. The summed E-state index contributed by atoms with van der Waals surface area (Å²) in [6.45, 7) is 4.05. The van der Waals surface area contributed by atoms with Gasteiger partial charge in [-0.05, 0) is 57.4 Å². The largest absolute Gasteiger partial charge is 0.411 e. The molecule has 0 amide bonds. The lowest BCUT2D eigenvalue weighted by Crippen LogP contribution is -2.54. The van der Waals surface area contributed by atoms with Crippen molar-refractivity contribution in [3.63, 3.8) is 0 Å². The van der Waals surface area contributed by atoms with Crippen molar-refractivity contribution in [2.75, 3.05) is 6.54 Å². The zero-order valence-electron chi connectivity index (χ0n) is 18.6. The molecule has 2 heterocycles. The van der Waals surface area contributed by atoms with Crippen LogP contribution in [0.4, 0.5) is 17.6 Å². The maximum atomic E-state index is 14.5. The smallest absolute Gasteiger partial charge is 0.352 e. The van der Waals surface area contributed by atoms with E-state index in [1.807, 2.05) is 4.57 Å². The summed E-state index contributed by atoms with van der Waals surface area (Å²) in [6, 6.07) is 5.32. The number of halogens is 4. The summed E-state index contributed by atoms with van der Waals surface area (Å²) in [4.78, 5) is 1.31. The van der Waals surface area contributed by atoms with Crippen LogP contribution < -0.4 is 0 Å². The van der Waals surface area contributed by atoms with Crippen LogP contribution in [0.3, 0.4) is 0 Å². The molecule has 3 nitrogen and oxygen atoms in total. The van der Waals surface area contributed by atoms with Crippen LogP contribution in [-0.4, -0.2) is 27.7 Å². The number of aromatic nitrogens is 1. The number of nitriles is 1. The average Bonchev–Trinajstić information content (AvgIpc) is 3.06. The Hall–Kier alpha value is -2.75. The van der Waals surface area contributed by atoms with Crippen molar-refractivity contribution in [1.29, 1.82) is 5.26 Å². The molecule has 1 aromatic heterocycles. The summed E-state index contributed by atoms with van der Waals surface area (Å²) in [5.41, 5.74) is 0.0580. The second-order valence-electron chi connectivity index (χ2n) is 9.26. The fourth-order valence-electron chi connectivity index (χ4n) is 4.92. The van der Waals surface area contributed by atoms with Gasteiger partial charge in [-0.3, -0.25) is 0 Å². The quantitative estimate of drug-likeness (QED) is 0.476. The minimum Gasteiger partial charge on any atom is -0.352 e. The van der Waals surface area contributed by atoms with Gasteiger partial charge in [-0.1, -0.05) is 31.4 Å². The van der Waals surface area contributed by atoms with E-state index in [0.717, 1.165) is 46.0 Å². The van der Waals surface area contributed by atoms with Crippen LogP contribution in [0.2, 0.25) is 0 Å². The second-order valence-corrected chi connectivity index (χ2v) is 9.26. The Morgan fingerprint density at radius 2 is 1.78 bits per heavy atom. The van der Waals surface area contributed by atoms with Gasteiger partial charge in [0.15, 0.2) is 0 Å². The first-order valence-electron chi connectivity index (χ1n) is 11.0. The maximum absolute atomic E-state index is 14.5. The predicted octanol–water partition coefficient (Wildman–Crippen LogP) is 7.02. The molecule has 7 heteroatoms. The van der Waals surface area contributed by atoms with Gasteiger partial charge in [-0.25, -0.2) is 4.39 Å². The Morgan fingerprint density at radius 1 is 1.09 bits per heavy atom. The molecule has 0 bridgehead atoms. The van der Waals surface area contributed by atoms with Gasteiger partial charge in [0.25, 0.3) is 0 Å². The minimum atomic E-state index is -4.48. The fourth-order valence-corrected chi connectivity index (χ4v) is 4.92. The number of nitrogens with zero attached hydrogens (tertiary/aromatic N) is 3. The van der Waals surface area contributed by atoms with Gasteiger partial charge in [-0.2, -0.15) is 18.4 Å². The third kappa shape index (κ3) is 3.50. The summed E-state index contributed by atoms with van der Waals surface area (Å²) >= 11 is 0. The number of alkyl halides is 3. The van der Waals surface area contributed by atoms with E-state index in [-0.39, 0.29) is 18.2 Å². The molecule has 0 radical (unpaired) electrons. The lowest BCUT2D eigenvalue weighted by Gasteiger charge is -2.43. The molecule has 1 fully saturated rings. The minimum absolute atomic E-state index is 0.0517. The van der Waals surface area contributed by atoms with Crippen LogP contribution in [0.1, 0.15) is 68.8 Å². The van der Waals surface area contributed by atoms with E-state index >= 15 is 0 Å². The molecular weight excluding hydrogens is 418 g/mol. The normalized spacial score (nSPS) is 18.2. The van der Waals surface area contributed by atoms with Crippen LogP contribution >= 0.6 is 0 Å². The Kier molecular flexibility index (Phi) is 5.60. The zero-order valence-corrected chi connectivity index (χ0v) is 18.6. The molecule has 2 aliphatic rings. The fraction of sp³-hybridized carbons (Fsp3) is 0.480. The lowest BCUT2D eigenvalue weighted by atomic mass is 9.94. The molecule has 0 unspecified atom stereocenters. The van der Waals surface area contributed by atoms with Crippen LogP contribution in [0.15, 0.2) is 30.4 Å². The molecule has 1 aliphatic carbocycles. The summed E-state index contributed by atoms with van der Waals surface area (Å²) in [5.74, 6) is -0.425. The van der Waals surface area contributed by atoms with Crippen LogP contribution in [0.25, 0.3) is 16.6 Å². The van der Waals surface area contributed by atoms with E-state index in [1.54, 1.807) is 31.2 Å². The molecule has 0 saturated heterocycles. The van der Waals surface area contributed by atoms with Crippen molar-refractivity contribution in [3.8, 4) is 6.07 Å². The van der Waals surface area contributed by atoms with Crippen molar-refractivity contribution in [2.24, 2.45) is 0 Å². The maximum Gasteiger partial charge on any atom is 0.411 e. The molecule has 170 valence electrons. The van der Waals surface area contributed by atoms with Crippen molar-refractivity contribution in [2.45, 2.75) is 70.6 Å². The van der Waals surface area contributed by atoms with E-state index in [0.29, 0.717) is 27.9 Å². The highest BCUT2D eigenvalue weighted by Gasteiger charge is 2.52. The molecule has 1 aromatic carbocycles. The van der Waals surface area contributed by atoms with E-state index < -0.39 is 17.5 Å². The van der Waals surface area contributed by atoms with E-state index in [4.69, 9.17) is 0 Å². The molecule has 0 atom stereocenters. The highest BCUT2D eigenvalue weighted by molar-refractivity contribution is 5.93. The van der Waals surface area contributed by atoms with Crippen LogP contribution in [0.5, 0.6) is 0 Å². The first kappa shape index (κ1) is 22.4. The first-order valence-corrected chi connectivity index (χ1v) is 11.0. The standard InChI is InChI=1S/C25H27F4N3/c1-16-13-22-18(14-20(16)26)19(15-30)23(32(22)17-9-5-4-6-10-17)21-11-7-8-12-31(21)24(2,3)25(27,28)29/h7-8,11,13-14,17H,4-6,9-10,12H2,1-3H3. The van der Waals surface area contributed by atoms with Gasteiger partial charge in [0.05, 0.1) is 22.5 Å². The molecule has 1 aliphatic heterocycles. The van der Waals surface area contributed by atoms with Crippen molar-refractivity contribution >= 4 is 16.6 Å². The topological polar surface area (TPSA) is 32.0 Å². The summed E-state index contributed by atoms with van der Waals surface area (Å²) in [5, 5.41) is 10.6. The van der Waals surface area contributed by atoms with Crippen LogP contribution in [-0.2, 0) is 0 Å². The molecule has 1 saturated carbocycles. The van der Waals surface area contributed by atoms with E-state index in [1.165, 1.54) is 11.0 Å². The molecule has 2 aromatic rings. The zero-order chi connectivity index (χ0) is 23.3. The molecule has 32 heavy (non-hydrogen) atoms. The Balaban J connectivity index is 2.03. The predicted molar refractivity (Wildman–Crippen MR) is 117 cm³/mol. The second kappa shape index (κ2) is 7.99. The van der Waals surface area contributed by atoms with Crippen molar-refractivity contribution < 1.29 is 17.6 Å². The summed E-state index contributed by atoms with van der Waals surface area (Å²) in [6.07, 6.45) is 5.49. The third-order valence-electron chi connectivity index (χ3n) is 6.92. The van der Waals surface area contributed by atoms with E-state index in [9.17, 15) is 22.8 Å². The highest BCUT2D eigenvalue weighted by Crippen LogP contribution is 2.45. The third-order valence-corrected chi connectivity index (χ3v) is 6.92. The molecule has 0 N–H and O–H groups in total. The first-order chi connectivity index (χ1) is 15.1. The van der Waals surface area contributed by atoms with Crippen molar-refractivity contribution in [3.05, 3.63) is 53.0 Å². The number of rotatable bonds is 3. The number of fused-ring (bicyclic) bond motifs is 1. The van der Waals surface area contributed by atoms with Gasteiger partial charge >= 0.3 is 6.18 Å². The lowest BCUT2D eigenvalue weighted by molar-refractivity contribution is -0.209. The Labute approximate surface area is 185 Å². The molecular formula is C25H27F4N3. The van der Waals surface area contributed by atoms with Gasteiger partial charge < -0.3 is 9.47 Å². The Bertz CT molecular complexity index is 1140. The number of benzene rings is 1. The van der Waals surface area contributed by atoms with E-state index in [2.05, 4.69) is 6.07 Å². The molecule has 0 spiro atoms. The van der Waals surface area contributed by atoms with Gasteiger partial charge in [-0.15, -0.1) is 0 Å². The molecule has 4 rings (SSSR count). The van der Waals surface area contributed by atoms with Crippen LogP contribution in [0, 0.1) is 24.1 Å². The van der Waals surface area contributed by atoms with Crippen molar-refractivity contribution in [1.82, 2.24) is 9.47 Å². The summed E-state index contributed by atoms with van der Waals surface area (Å²) < 4.78 is 58.6. The number of hydrogen-bond donors (Lipinski definition) is 0. The Morgan fingerprint density at radius 3 is 2.41 bits per heavy atom. The average molecular weight is 446 g/mol. The van der Waals surface area contributed by atoms with Gasteiger partial charge in [0.1, 0.15) is 17.4 Å². The number of hydrogen-bond acceptors (Lipinski definition) is 2.